The summed E-state index contributed by atoms with van der Waals surface area (Å²) in [5.74, 6) is 0.211. The van der Waals surface area contributed by atoms with Gasteiger partial charge >= 0.3 is 214 Å². The zero-order chi connectivity index (χ0) is 24.3. The van der Waals surface area contributed by atoms with Crippen LogP contribution < -0.4 is 13.3 Å². The molecular weight excluding hydrogens is 537 g/mol. The molecule has 7 nitrogen and oxygen atoms in total. The molecule has 1 aromatic heterocycles. The van der Waals surface area contributed by atoms with Crippen LogP contribution in [-0.2, 0) is 16.0 Å². The first-order chi connectivity index (χ1) is 16.4. The van der Waals surface area contributed by atoms with Crippen LogP contribution in [0.25, 0.3) is 0 Å². The molecule has 0 aliphatic heterocycles. The minimum atomic E-state index is -1.21. The molecule has 0 amide bonds. The van der Waals surface area contributed by atoms with Gasteiger partial charge in [0.2, 0.25) is 0 Å². The second-order valence-corrected chi connectivity index (χ2v) is 12.8. The normalized spacial score (nSPS) is 12.1. The molecule has 0 fully saturated rings. The fourth-order valence-electron chi connectivity index (χ4n) is 2.97. The molecule has 0 saturated heterocycles. The maximum atomic E-state index is 13.1. The van der Waals surface area contributed by atoms with E-state index in [0.29, 0.717) is 30.3 Å². The molecular formula is C24H26AsNO6S2. The van der Waals surface area contributed by atoms with Gasteiger partial charge in [0.25, 0.3) is 0 Å². The summed E-state index contributed by atoms with van der Waals surface area (Å²) in [6, 6.07) is 15.3. The number of carboxylic acids is 1. The van der Waals surface area contributed by atoms with Crippen molar-refractivity contribution in [2.75, 3.05) is 26.1 Å². The predicted octanol–water partition coefficient (Wildman–Crippen LogP) is 3.26. The van der Waals surface area contributed by atoms with E-state index in [9.17, 15) is 9.59 Å². The number of carboxylic acid groups (broad SMARTS) is 1. The van der Waals surface area contributed by atoms with Crippen molar-refractivity contribution in [1.29, 1.82) is 0 Å². The van der Waals surface area contributed by atoms with Crippen LogP contribution in [0.4, 0.5) is 0 Å². The van der Waals surface area contributed by atoms with Gasteiger partial charge in [-0.15, -0.1) is 0 Å². The van der Waals surface area contributed by atoms with E-state index in [4.69, 9.17) is 19.3 Å². The van der Waals surface area contributed by atoms with Gasteiger partial charge < -0.3 is 0 Å². The van der Waals surface area contributed by atoms with Gasteiger partial charge in [-0.1, -0.05) is 0 Å². The SMILES string of the molecule is COCC(C)Oc1cc(OCCc2ccccc2)cc(C(=O)[AsH]c2ncc(SCC(=O)O)s2)c1. The Bertz CT molecular complexity index is 1090. The van der Waals surface area contributed by atoms with E-state index < -0.39 is 21.7 Å². The standard InChI is InChI=1S/C24H26AsNO6S2/c1-16(14-30-2)32-20-11-18(10-19(12-20)31-9-8-17-6-4-3-5-7-17)23(29)25-24-26-13-22(34-24)33-15-21(27)28/h3-7,10-13,16,25H,8-9,14-15H2,1-2H3,(H,27,28). The Morgan fingerprint density at radius 1 is 1.18 bits per heavy atom. The van der Waals surface area contributed by atoms with Crippen molar-refractivity contribution in [2.24, 2.45) is 0 Å². The molecule has 0 aliphatic rings. The molecule has 2 atom stereocenters. The number of hydrogen-bond acceptors (Lipinski definition) is 8. The van der Waals surface area contributed by atoms with Crippen molar-refractivity contribution >= 4 is 53.2 Å². The number of aromatic nitrogens is 1. The van der Waals surface area contributed by atoms with E-state index in [1.54, 1.807) is 31.5 Å². The molecule has 3 aromatic rings. The van der Waals surface area contributed by atoms with Crippen LogP contribution in [0.3, 0.4) is 0 Å². The summed E-state index contributed by atoms with van der Waals surface area (Å²) in [4.78, 5) is 28.2. The number of carbonyl (C=O) groups excluding carboxylic acids is 1. The van der Waals surface area contributed by atoms with Crippen LogP contribution in [0.2, 0.25) is 0 Å². The molecule has 0 radical (unpaired) electrons. The molecule has 0 aliphatic carbocycles. The summed E-state index contributed by atoms with van der Waals surface area (Å²) in [5.41, 5.74) is 1.69. The van der Waals surface area contributed by atoms with Gasteiger partial charge in [-0.2, -0.15) is 0 Å². The fraction of sp³-hybridized carbons (Fsp3) is 0.292. The van der Waals surface area contributed by atoms with Crippen molar-refractivity contribution in [3.05, 3.63) is 65.9 Å². The van der Waals surface area contributed by atoms with Crippen molar-refractivity contribution in [2.45, 2.75) is 23.7 Å². The third kappa shape index (κ3) is 8.80. The van der Waals surface area contributed by atoms with Crippen LogP contribution in [0.1, 0.15) is 22.8 Å². The molecule has 180 valence electrons. The van der Waals surface area contributed by atoms with Crippen molar-refractivity contribution in [3.63, 3.8) is 0 Å². The Balaban J connectivity index is 1.71. The molecule has 0 bridgehead atoms. The van der Waals surface area contributed by atoms with Gasteiger partial charge in [0.1, 0.15) is 0 Å². The van der Waals surface area contributed by atoms with Crippen LogP contribution >= 0.6 is 23.1 Å². The number of aliphatic carboxylic acids is 1. The molecule has 2 aromatic carbocycles. The Labute approximate surface area is 213 Å². The number of nitrogens with zero attached hydrogens (tertiary/aromatic N) is 1. The van der Waals surface area contributed by atoms with E-state index in [-0.39, 0.29) is 16.4 Å². The molecule has 1 heterocycles. The number of benzene rings is 2. The fourth-order valence-corrected chi connectivity index (χ4v) is 7.71. The second-order valence-electron chi connectivity index (χ2n) is 7.28. The topological polar surface area (TPSA) is 95.0 Å². The number of rotatable bonds is 14. The summed E-state index contributed by atoms with van der Waals surface area (Å²) >= 11 is 1.38. The third-order valence-electron chi connectivity index (χ3n) is 4.43. The molecule has 34 heavy (non-hydrogen) atoms. The van der Waals surface area contributed by atoms with Crippen LogP contribution in [0.5, 0.6) is 11.5 Å². The van der Waals surface area contributed by atoms with Gasteiger partial charge in [0.05, 0.1) is 0 Å². The van der Waals surface area contributed by atoms with Gasteiger partial charge in [0.15, 0.2) is 0 Å². The first kappa shape index (κ1) is 26.3. The summed E-state index contributed by atoms with van der Waals surface area (Å²) in [6.45, 7) is 2.79. The molecule has 0 spiro atoms. The molecule has 0 saturated carbocycles. The first-order valence-corrected chi connectivity index (χ1v) is 14.4. The summed E-state index contributed by atoms with van der Waals surface area (Å²) < 4.78 is 18.6. The minimum absolute atomic E-state index is 0.00175. The molecule has 1 N–H and O–H groups in total. The van der Waals surface area contributed by atoms with Crippen molar-refractivity contribution < 1.29 is 28.9 Å². The second kappa shape index (κ2) is 13.5. The first-order valence-electron chi connectivity index (χ1n) is 10.5. The van der Waals surface area contributed by atoms with E-state index in [1.165, 1.54) is 28.7 Å². The van der Waals surface area contributed by atoms with Crippen molar-refractivity contribution in [1.82, 2.24) is 4.98 Å². The monoisotopic (exact) mass is 563 g/mol. The number of carbonyl (C=O) groups is 2. The van der Waals surface area contributed by atoms with Crippen molar-refractivity contribution in [3.8, 4) is 11.5 Å². The van der Waals surface area contributed by atoms with E-state index >= 15 is 0 Å². The number of ether oxygens (including phenoxy) is 3. The predicted molar refractivity (Wildman–Crippen MR) is 136 cm³/mol. The summed E-state index contributed by atoms with van der Waals surface area (Å²) in [5, 5.41) is 8.84. The average molecular weight is 564 g/mol. The zero-order valence-electron chi connectivity index (χ0n) is 18.9. The molecule has 2 unspecified atom stereocenters. The zero-order valence-corrected chi connectivity index (χ0v) is 22.6. The number of thiazole rings is 1. The van der Waals surface area contributed by atoms with Crippen LogP contribution in [0.15, 0.2) is 58.9 Å². The Kier molecular flexibility index (Phi) is 10.5. The molecule has 10 heteroatoms. The maximum absolute atomic E-state index is 13.1. The van der Waals surface area contributed by atoms with Gasteiger partial charge in [-0.25, -0.2) is 0 Å². The summed E-state index contributed by atoms with van der Waals surface area (Å²) in [6.07, 6.45) is 2.20. The van der Waals surface area contributed by atoms with Crippen LogP contribution in [-0.4, -0.2) is 68.6 Å². The number of hydrogen-bond donors (Lipinski definition) is 1. The Hall–Kier alpha value is -2.32. The van der Waals surface area contributed by atoms with E-state index in [0.717, 1.165) is 14.4 Å². The van der Waals surface area contributed by atoms with Crippen LogP contribution in [0, 0.1) is 0 Å². The Morgan fingerprint density at radius 3 is 2.68 bits per heavy atom. The van der Waals surface area contributed by atoms with Gasteiger partial charge in [-0.3, -0.25) is 0 Å². The third-order valence-corrected chi connectivity index (χ3v) is 9.39. The average Bonchev–Trinajstić information content (AvgIpc) is 3.25. The Morgan fingerprint density at radius 2 is 1.94 bits per heavy atom. The number of thioether (sulfide) groups is 1. The van der Waals surface area contributed by atoms with Gasteiger partial charge in [0, 0.05) is 0 Å². The van der Waals surface area contributed by atoms with E-state index in [2.05, 4.69) is 4.98 Å². The number of methoxy groups -OCH3 is 1. The molecule has 3 rings (SSSR count). The quantitative estimate of drug-likeness (QED) is 0.236. The van der Waals surface area contributed by atoms with E-state index in [1.807, 2.05) is 37.3 Å². The summed E-state index contributed by atoms with van der Waals surface area (Å²) in [7, 11) is 1.61. The van der Waals surface area contributed by atoms with Gasteiger partial charge in [-0.05, 0) is 0 Å².